The van der Waals surface area contributed by atoms with Crippen molar-refractivity contribution in [3.05, 3.63) is 29.8 Å². The van der Waals surface area contributed by atoms with E-state index in [2.05, 4.69) is 16.0 Å². The quantitative estimate of drug-likeness (QED) is 0.104. The van der Waals surface area contributed by atoms with Crippen molar-refractivity contribution in [1.29, 1.82) is 0 Å². The van der Waals surface area contributed by atoms with Gasteiger partial charge in [0.15, 0.2) is 0 Å². The zero-order valence-corrected chi connectivity index (χ0v) is 20.4. The Morgan fingerprint density at radius 3 is 2.00 bits per heavy atom. The summed E-state index contributed by atoms with van der Waals surface area (Å²) >= 11 is 0. The SMILES string of the molecule is CC(O)C(NC(=O)C(CCCCN)NC(=O)C(N)CC(=O)O)C(=O)NC(Cc1ccc(O)cc1)C(=O)O. The summed E-state index contributed by atoms with van der Waals surface area (Å²) in [5.74, 6) is -5.43. The van der Waals surface area contributed by atoms with Crippen LogP contribution in [0, 0.1) is 0 Å². The van der Waals surface area contributed by atoms with Crippen molar-refractivity contribution in [2.75, 3.05) is 6.54 Å². The maximum atomic E-state index is 12.9. The minimum atomic E-state index is -1.57. The van der Waals surface area contributed by atoms with Crippen LogP contribution in [-0.4, -0.2) is 86.9 Å². The Balaban J connectivity index is 2.97. The monoisotopic (exact) mass is 525 g/mol. The van der Waals surface area contributed by atoms with E-state index in [1.165, 1.54) is 31.2 Å². The van der Waals surface area contributed by atoms with Gasteiger partial charge in [-0.15, -0.1) is 0 Å². The van der Waals surface area contributed by atoms with Crippen LogP contribution < -0.4 is 27.4 Å². The number of carboxylic acid groups (broad SMARTS) is 2. The predicted molar refractivity (Wildman–Crippen MR) is 130 cm³/mol. The molecule has 1 aromatic rings. The fraction of sp³-hybridized carbons (Fsp3) is 0.522. The number of carbonyl (C=O) groups excluding carboxylic acids is 3. The first-order valence-corrected chi connectivity index (χ1v) is 11.6. The summed E-state index contributed by atoms with van der Waals surface area (Å²) in [6, 6.07) is 0.0474. The standard InChI is InChI=1S/C23H35N5O9/c1-12(29)19(22(35)27-17(23(36)37)10-13-5-7-14(30)8-6-13)28-21(34)16(4-2-3-9-24)26-20(33)15(25)11-18(31)32/h5-8,12,15-17,19,29-30H,2-4,9-11,24-25H2,1H3,(H,26,33)(H,27,35)(H,28,34)(H,31,32)(H,36,37). The summed E-state index contributed by atoms with van der Waals surface area (Å²) < 4.78 is 0. The molecule has 0 aliphatic heterocycles. The molecule has 1 rings (SSSR count). The number of carbonyl (C=O) groups is 5. The highest BCUT2D eigenvalue weighted by Gasteiger charge is 2.33. The number of carboxylic acids is 2. The first kappa shape index (κ1) is 31.3. The number of aliphatic hydroxyl groups is 1. The third-order valence-electron chi connectivity index (χ3n) is 5.36. The Labute approximate surface area is 213 Å². The van der Waals surface area contributed by atoms with Crippen LogP contribution in [0.4, 0.5) is 0 Å². The second-order valence-electron chi connectivity index (χ2n) is 8.55. The third-order valence-corrected chi connectivity index (χ3v) is 5.36. The second kappa shape index (κ2) is 15.4. The van der Waals surface area contributed by atoms with E-state index in [0.29, 0.717) is 24.9 Å². The van der Waals surface area contributed by atoms with E-state index < -0.39 is 66.4 Å². The number of aliphatic carboxylic acids is 2. The van der Waals surface area contributed by atoms with Gasteiger partial charge in [-0.1, -0.05) is 12.1 Å². The van der Waals surface area contributed by atoms with Crippen molar-refractivity contribution in [3.8, 4) is 5.75 Å². The largest absolute Gasteiger partial charge is 0.508 e. The van der Waals surface area contributed by atoms with Gasteiger partial charge in [0.05, 0.1) is 18.6 Å². The number of amides is 3. The lowest BCUT2D eigenvalue weighted by molar-refractivity contribution is -0.143. The van der Waals surface area contributed by atoms with Crippen LogP contribution in [0.15, 0.2) is 24.3 Å². The van der Waals surface area contributed by atoms with Crippen molar-refractivity contribution in [1.82, 2.24) is 16.0 Å². The van der Waals surface area contributed by atoms with E-state index >= 15 is 0 Å². The van der Waals surface area contributed by atoms with Gasteiger partial charge in [0.1, 0.15) is 23.9 Å². The van der Waals surface area contributed by atoms with E-state index in [1.54, 1.807) is 0 Å². The molecule has 0 bridgehead atoms. The number of aromatic hydroxyl groups is 1. The number of rotatable bonds is 16. The van der Waals surface area contributed by atoms with Gasteiger partial charge in [-0.2, -0.15) is 0 Å². The summed E-state index contributed by atoms with van der Waals surface area (Å²) in [7, 11) is 0. The summed E-state index contributed by atoms with van der Waals surface area (Å²) in [5, 5.41) is 44.8. The number of phenols is 1. The molecular formula is C23H35N5O9. The molecule has 5 atom stereocenters. The molecule has 14 heteroatoms. The molecule has 0 heterocycles. The molecule has 0 aliphatic carbocycles. The number of nitrogens with one attached hydrogen (secondary N) is 3. The Hall–Kier alpha value is -3.75. The van der Waals surface area contributed by atoms with Crippen LogP contribution in [-0.2, 0) is 30.4 Å². The van der Waals surface area contributed by atoms with Gasteiger partial charge in [0.25, 0.3) is 0 Å². The van der Waals surface area contributed by atoms with E-state index in [9.17, 15) is 39.3 Å². The van der Waals surface area contributed by atoms with Gasteiger partial charge in [-0.3, -0.25) is 19.2 Å². The van der Waals surface area contributed by atoms with Crippen LogP contribution in [0.25, 0.3) is 0 Å². The summed E-state index contributed by atoms with van der Waals surface area (Å²) in [5.41, 5.74) is 11.5. The minimum Gasteiger partial charge on any atom is -0.508 e. The first-order valence-electron chi connectivity index (χ1n) is 11.6. The Morgan fingerprint density at radius 1 is 0.892 bits per heavy atom. The summed E-state index contributed by atoms with van der Waals surface area (Å²) in [6.07, 6.45) is -1.25. The van der Waals surface area contributed by atoms with Crippen molar-refractivity contribution < 1.29 is 44.4 Å². The highest BCUT2D eigenvalue weighted by molar-refractivity contribution is 5.95. The maximum Gasteiger partial charge on any atom is 0.326 e. The Bertz CT molecular complexity index is 939. The first-order chi connectivity index (χ1) is 17.3. The zero-order valence-electron chi connectivity index (χ0n) is 20.4. The Morgan fingerprint density at radius 2 is 1.49 bits per heavy atom. The van der Waals surface area contributed by atoms with Crippen LogP contribution in [0.3, 0.4) is 0 Å². The second-order valence-corrected chi connectivity index (χ2v) is 8.55. The normalized spacial score (nSPS) is 14.9. The van der Waals surface area contributed by atoms with Gasteiger partial charge in [-0.05, 0) is 50.4 Å². The zero-order chi connectivity index (χ0) is 28.1. The molecule has 0 saturated carbocycles. The molecule has 1 aromatic carbocycles. The van der Waals surface area contributed by atoms with Crippen LogP contribution in [0.5, 0.6) is 5.75 Å². The molecule has 0 aromatic heterocycles. The smallest absolute Gasteiger partial charge is 0.326 e. The van der Waals surface area contributed by atoms with Gasteiger partial charge in [0.2, 0.25) is 17.7 Å². The molecule has 11 N–H and O–H groups in total. The number of hydrogen-bond donors (Lipinski definition) is 9. The number of nitrogens with two attached hydrogens (primary N) is 2. The highest BCUT2D eigenvalue weighted by atomic mass is 16.4. The van der Waals surface area contributed by atoms with Crippen LogP contribution in [0.2, 0.25) is 0 Å². The molecular weight excluding hydrogens is 490 g/mol. The lowest BCUT2D eigenvalue weighted by Crippen LogP contribution is -2.60. The van der Waals surface area contributed by atoms with Gasteiger partial charge < -0.3 is 47.8 Å². The third kappa shape index (κ3) is 11.2. The lowest BCUT2D eigenvalue weighted by atomic mass is 10.0. The van der Waals surface area contributed by atoms with Crippen molar-refractivity contribution >= 4 is 29.7 Å². The minimum absolute atomic E-state index is 0.0198. The van der Waals surface area contributed by atoms with Crippen LogP contribution >= 0.6 is 0 Å². The van der Waals surface area contributed by atoms with E-state index in [-0.39, 0.29) is 18.6 Å². The van der Waals surface area contributed by atoms with Gasteiger partial charge >= 0.3 is 11.9 Å². The maximum absolute atomic E-state index is 12.9. The fourth-order valence-electron chi connectivity index (χ4n) is 3.31. The molecule has 5 unspecified atom stereocenters. The lowest BCUT2D eigenvalue weighted by Gasteiger charge is -2.26. The van der Waals surface area contributed by atoms with Crippen molar-refractivity contribution in [2.45, 2.75) is 69.3 Å². The molecule has 0 aliphatic rings. The predicted octanol–water partition coefficient (Wildman–Crippen LogP) is -2.21. The molecule has 3 amide bonds. The van der Waals surface area contributed by atoms with E-state index in [4.69, 9.17) is 16.6 Å². The number of unbranched alkanes of at least 4 members (excludes halogenated alkanes) is 1. The molecule has 0 spiro atoms. The van der Waals surface area contributed by atoms with E-state index in [1.807, 2.05) is 0 Å². The number of aliphatic hydroxyl groups excluding tert-OH is 1. The van der Waals surface area contributed by atoms with Gasteiger partial charge in [-0.25, -0.2) is 4.79 Å². The number of benzene rings is 1. The van der Waals surface area contributed by atoms with Gasteiger partial charge in [0, 0.05) is 6.42 Å². The van der Waals surface area contributed by atoms with E-state index in [0.717, 1.165) is 0 Å². The molecule has 0 radical (unpaired) electrons. The topological polar surface area (TPSA) is 254 Å². The average molecular weight is 526 g/mol. The van der Waals surface area contributed by atoms with Crippen molar-refractivity contribution in [3.63, 3.8) is 0 Å². The number of hydrogen-bond acceptors (Lipinski definition) is 9. The summed E-state index contributed by atoms with van der Waals surface area (Å²) in [4.78, 5) is 60.6. The average Bonchev–Trinajstić information content (AvgIpc) is 2.81. The number of phenolic OH excluding ortho intramolecular Hbond substituents is 1. The van der Waals surface area contributed by atoms with Crippen molar-refractivity contribution in [2.24, 2.45) is 11.5 Å². The molecule has 0 fully saturated rings. The molecule has 37 heavy (non-hydrogen) atoms. The fourth-order valence-corrected chi connectivity index (χ4v) is 3.31. The highest BCUT2D eigenvalue weighted by Crippen LogP contribution is 2.12. The molecule has 14 nitrogen and oxygen atoms in total. The summed E-state index contributed by atoms with van der Waals surface area (Å²) in [6.45, 7) is 1.53. The molecule has 206 valence electrons. The Kier molecular flexibility index (Phi) is 13.0. The van der Waals surface area contributed by atoms with Crippen LogP contribution in [0.1, 0.15) is 38.2 Å². The molecule has 0 saturated heterocycles.